The second-order valence-electron chi connectivity index (χ2n) is 4.30. The Labute approximate surface area is 121 Å². The first-order valence-corrected chi connectivity index (χ1v) is 8.09. The number of benzene rings is 2. The normalized spacial score (nSPS) is 10.5. The number of hydrogen-bond acceptors (Lipinski definition) is 3. The monoisotopic (exact) mass is 290 g/mol. The van der Waals surface area contributed by atoms with Crippen LogP contribution in [-0.4, -0.2) is 17.9 Å². The molecule has 0 heterocycles. The predicted molar refractivity (Wildman–Crippen MR) is 82.2 cm³/mol. The maximum Gasteiger partial charge on any atom is 0.290 e. The van der Waals surface area contributed by atoms with E-state index in [0.29, 0.717) is 0 Å². The van der Waals surface area contributed by atoms with E-state index in [4.69, 9.17) is 14.2 Å². The summed E-state index contributed by atoms with van der Waals surface area (Å²) in [6.07, 6.45) is 2.47. The molecule has 0 aromatic heterocycles. The standard InChI is InChI=1S/C16H19O3P/c17-13-7-8-14-20(18-15-9-3-1-4-10-15)19-16-11-5-2-6-12-16/h1-6,9-12,17H,7-8,13-14H2. The topological polar surface area (TPSA) is 38.7 Å². The molecule has 2 rings (SSSR count). The fourth-order valence-electron chi connectivity index (χ4n) is 1.66. The number of aliphatic hydroxyl groups excluding tert-OH is 1. The number of unbranched alkanes of at least 4 members (excludes halogenated alkanes) is 1. The molecule has 0 fully saturated rings. The van der Waals surface area contributed by atoms with Crippen LogP contribution in [0.1, 0.15) is 12.8 Å². The minimum Gasteiger partial charge on any atom is -0.439 e. The predicted octanol–water partition coefficient (Wildman–Crippen LogP) is 4.23. The highest BCUT2D eigenvalue weighted by atomic mass is 31.2. The van der Waals surface area contributed by atoms with Crippen molar-refractivity contribution in [2.75, 3.05) is 12.8 Å². The molecule has 4 heteroatoms. The van der Waals surface area contributed by atoms with Crippen molar-refractivity contribution in [2.45, 2.75) is 12.8 Å². The lowest BCUT2D eigenvalue weighted by Gasteiger charge is -2.18. The Morgan fingerprint density at radius 1 is 0.750 bits per heavy atom. The Balaban J connectivity index is 1.96. The highest BCUT2D eigenvalue weighted by molar-refractivity contribution is 7.48. The summed E-state index contributed by atoms with van der Waals surface area (Å²) in [6.45, 7) is 0.208. The van der Waals surface area contributed by atoms with Gasteiger partial charge in [0.2, 0.25) is 0 Å². The van der Waals surface area contributed by atoms with Crippen LogP contribution in [0.2, 0.25) is 0 Å². The van der Waals surface area contributed by atoms with Crippen molar-refractivity contribution in [1.29, 1.82) is 0 Å². The zero-order valence-electron chi connectivity index (χ0n) is 11.3. The lowest BCUT2D eigenvalue weighted by atomic mass is 10.3. The summed E-state index contributed by atoms with van der Waals surface area (Å²) < 4.78 is 11.9. The molecule has 0 aliphatic heterocycles. The third kappa shape index (κ3) is 5.20. The molecule has 0 spiro atoms. The third-order valence-corrected chi connectivity index (χ3v) is 4.16. The summed E-state index contributed by atoms with van der Waals surface area (Å²) in [4.78, 5) is 0. The number of para-hydroxylation sites is 2. The van der Waals surface area contributed by atoms with Crippen molar-refractivity contribution in [3.63, 3.8) is 0 Å². The smallest absolute Gasteiger partial charge is 0.290 e. The largest absolute Gasteiger partial charge is 0.439 e. The second-order valence-corrected chi connectivity index (χ2v) is 5.77. The molecule has 3 nitrogen and oxygen atoms in total. The van der Waals surface area contributed by atoms with Gasteiger partial charge in [-0.2, -0.15) is 0 Å². The quantitative estimate of drug-likeness (QED) is 0.584. The van der Waals surface area contributed by atoms with Gasteiger partial charge in [0.25, 0.3) is 8.38 Å². The lowest BCUT2D eigenvalue weighted by molar-refractivity contribution is 0.286. The molecular formula is C16H19O3P. The Kier molecular flexibility index (Phi) is 6.36. The van der Waals surface area contributed by atoms with Gasteiger partial charge in [0.1, 0.15) is 11.5 Å². The van der Waals surface area contributed by atoms with Crippen molar-refractivity contribution in [2.24, 2.45) is 0 Å². The molecule has 2 aromatic carbocycles. The van der Waals surface area contributed by atoms with Crippen LogP contribution in [0.3, 0.4) is 0 Å². The van der Waals surface area contributed by atoms with Gasteiger partial charge in [-0.3, -0.25) is 0 Å². The van der Waals surface area contributed by atoms with Crippen LogP contribution in [0.4, 0.5) is 0 Å². The van der Waals surface area contributed by atoms with E-state index in [1.54, 1.807) is 0 Å². The molecule has 2 aromatic rings. The third-order valence-electron chi connectivity index (χ3n) is 2.65. The molecule has 0 bridgehead atoms. The maximum atomic E-state index is 8.88. The first-order chi connectivity index (χ1) is 9.88. The molecule has 20 heavy (non-hydrogen) atoms. The minimum atomic E-state index is -1.04. The summed E-state index contributed by atoms with van der Waals surface area (Å²) >= 11 is 0. The zero-order chi connectivity index (χ0) is 14.0. The van der Waals surface area contributed by atoms with E-state index in [1.807, 2.05) is 60.7 Å². The van der Waals surface area contributed by atoms with Crippen LogP contribution in [0.5, 0.6) is 11.5 Å². The molecule has 1 N–H and O–H groups in total. The van der Waals surface area contributed by atoms with Crippen molar-refractivity contribution >= 4 is 8.38 Å². The van der Waals surface area contributed by atoms with E-state index in [0.717, 1.165) is 30.5 Å². The van der Waals surface area contributed by atoms with Crippen molar-refractivity contribution in [3.05, 3.63) is 60.7 Å². The van der Waals surface area contributed by atoms with Crippen LogP contribution >= 0.6 is 8.38 Å². The zero-order valence-corrected chi connectivity index (χ0v) is 12.2. The molecule has 106 valence electrons. The minimum absolute atomic E-state index is 0.208. The maximum absolute atomic E-state index is 8.88. The highest BCUT2D eigenvalue weighted by Crippen LogP contribution is 2.40. The van der Waals surface area contributed by atoms with E-state index in [-0.39, 0.29) is 6.61 Å². The van der Waals surface area contributed by atoms with Gasteiger partial charge in [-0.1, -0.05) is 36.4 Å². The van der Waals surface area contributed by atoms with Crippen molar-refractivity contribution in [3.8, 4) is 11.5 Å². The van der Waals surface area contributed by atoms with Gasteiger partial charge < -0.3 is 14.2 Å². The summed E-state index contributed by atoms with van der Waals surface area (Å²) in [5.41, 5.74) is 0. The number of rotatable bonds is 8. The average molecular weight is 290 g/mol. The van der Waals surface area contributed by atoms with Crippen LogP contribution in [-0.2, 0) is 0 Å². The molecule has 0 atom stereocenters. The molecule has 0 saturated carbocycles. The van der Waals surface area contributed by atoms with Crippen molar-refractivity contribution in [1.82, 2.24) is 0 Å². The van der Waals surface area contributed by atoms with Crippen LogP contribution < -0.4 is 9.05 Å². The van der Waals surface area contributed by atoms with Gasteiger partial charge in [-0.05, 0) is 37.1 Å². The molecule has 0 radical (unpaired) electrons. The van der Waals surface area contributed by atoms with Gasteiger partial charge in [0.15, 0.2) is 0 Å². The number of aliphatic hydroxyl groups is 1. The summed E-state index contributed by atoms with van der Waals surface area (Å²) in [5, 5.41) is 8.88. The summed E-state index contributed by atoms with van der Waals surface area (Å²) in [7, 11) is -1.04. The second kappa shape index (κ2) is 8.57. The van der Waals surface area contributed by atoms with Gasteiger partial charge in [-0.15, -0.1) is 0 Å². The van der Waals surface area contributed by atoms with Gasteiger partial charge >= 0.3 is 0 Å². The van der Waals surface area contributed by atoms with Gasteiger partial charge in [0.05, 0.1) is 0 Å². The van der Waals surface area contributed by atoms with E-state index >= 15 is 0 Å². The van der Waals surface area contributed by atoms with Crippen LogP contribution in [0.15, 0.2) is 60.7 Å². The Morgan fingerprint density at radius 3 is 1.70 bits per heavy atom. The fourth-order valence-corrected chi connectivity index (χ4v) is 3.08. The van der Waals surface area contributed by atoms with Crippen LogP contribution in [0.25, 0.3) is 0 Å². The van der Waals surface area contributed by atoms with Crippen LogP contribution in [0, 0.1) is 0 Å². The SMILES string of the molecule is OCCCCP(Oc1ccccc1)Oc1ccccc1. The summed E-state index contributed by atoms with van der Waals surface area (Å²) in [5.74, 6) is 1.64. The highest BCUT2D eigenvalue weighted by Gasteiger charge is 2.14. The molecular weight excluding hydrogens is 271 g/mol. The van der Waals surface area contributed by atoms with E-state index in [1.165, 1.54) is 0 Å². The fraction of sp³-hybridized carbons (Fsp3) is 0.250. The van der Waals surface area contributed by atoms with Gasteiger partial charge in [0, 0.05) is 12.8 Å². The molecule has 0 aliphatic carbocycles. The first-order valence-electron chi connectivity index (χ1n) is 6.73. The Hall–Kier alpha value is -1.57. The van der Waals surface area contributed by atoms with E-state index < -0.39 is 8.38 Å². The Morgan fingerprint density at radius 2 is 1.25 bits per heavy atom. The lowest BCUT2D eigenvalue weighted by Crippen LogP contribution is -2.01. The number of hydrogen-bond donors (Lipinski definition) is 1. The summed E-state index contributed by atoms with van der Waals surface area (Å²) in [6, 6.07) is 19.4. The molecule has 0 aliphatic rings. The molecule has 0 amide bonds. The average Bonchev–Trinajstić information content (AvgIpc) is 2.49. The Bertz CT molecular complexity index is 434. The van der Waals surface area contributed by atoms with Gasteiger partial charge in [-0.25, -0.2) is 0 Å². The van der Waals surface area contributed by atoms with Crippen molar-refractivity contribution < 1.29 is 14.2 Å². The molecule has 0 unspecified atom stereocenters. The van der Waals surface area contributed by atoms with E-state index in [9.17, 15) is 0 Å². The van der Waals surface area contributed by atoms with E-state index in [2.05, 4.69) is 0 Å². The molecule has 0 saturated heterocycles. The first kappa shape index (κ1) is 14.8.